The zero-order valence-electron chi connectivity index (χ0n) is 13.2. The molecule has 0 N–H and O–H groups in total. The average Bonchev–Trinajstić information content (AvgIpc) is 2.82. The maximum atomic E-state index is 6.13. The lowest BCUT2D eigenvalue weighted by Gasteiger charge is -2.37. The fourth-order valence-corrected chi connectivity index (χ4v) is 3.20. The van der Waals surface area contributed by atoms with Gasteiger partial charge in [0.2, 0.25) is 0 Å². The smallest absolute Gasteiger partial charge is 0.290 e. The molecular weight excluding hydrogens is 284 g/mol. The fourth-order valence-electron chi connectivity index (χ4n) is 3.20. The van der Waals surface area contributed by atoms with E-state index in [2.05, 4.69) is 0 Å². The van der Waals surface area contributed by atoms with E-state index in [0.29, 0.717) is 13.2 Å². The molecule has 4 aliphatic heterocycles. The van der Waals surface area contributed by atoms with Gasteiger partial charge in [-0.15, -0.1) is 0 Å². The molecule has 0 aliphatic carbocycles. The van der Waals surface area contributed by atoms with Gasteiger partial charge in [-0.05, 0) is 5.56 Å². The summed E-state index contributed by atoms with van der Waals surface area (Å²) in [4.78, 5) is 0. The van der Waals surface area contributed by atoms with Gasteiger partial charge in [0.25, 0.3) is 5.97 Å². The average molecular weight is 306 g/mol. The van der Waals surface area contributed by atoms with E-state index in [0.717, 1.165) is 5.56 Å². The van der Waals surface area contributed by atoms with E-state index in [9.17, 15) is 0 Å². The summed E-state index contributed by atoms with van der Waals surface area (Å²) in [6, 6.07) is 10.1. The first-order chi connectivity index (χ1) is 10.5. The van der Waals surface area contributed by atoms with Gasteiger partial charge in [-0.3, -0.25) is 4.74 Å². The van der Waals surface area contributed by atoms with E-state index in [4.69, 9.17) is 23.7 Å². The van der Waals surface area contributed by atoms with Crippen molar-refractivity contribution in [2.75, 3.05) is 6.61 Å². The number of hydrogen-bond donors (Lipinski definition) is 0. The van der Waals surface area contributed by atoms with Crippen molar-refractivity contribution in [3.63, 3.8) is 0 Å². The number of fused-ring (bicyclic) bond motifs is 1. The summed E-state index contributed by atoms with van der Waals surface area (Å²) in [7, 11) is 0. The predicted octanol–water partition coefficient (Wildman–Crippen LogP) is 2.44. The third-order valence-corrected chi connectivity index (χ3v) is 4.47. The van der Waals surface area contributed by atoms with Crippen LogP contribution in [0.1, 0.15) is 26.3 Å². The van der Waals surface area contributed by atoms with E-state index < -0.39 is 12.3 Å². The first kappa shape index (κ1) is 14.6. The second kappa shape index (κ2) is 5.01. The van der Waals surface area contributed by atoms with Crippen LogP contribution in [0.4, 0.5) is 0 Å². The summed E-state index contributed by atoms with van der Waals surface area (Å²) in [5, 5.41) is 0. The van der Waals surface area contributed by atoms with Crippen LogP contribution in [0, 0.1) is 5.41 Å². The maximum absolute atomic E-state index is 6.13. The van der Waals surface area contributed by atoms with Crippen LogP contribution in [-0.4, -0.2) is 37.2 Å². The molecule has 4 heterocycles. The minimum absolute atomic E-state index is 0.148. The molecule has 0 radical (unpaired) electrons. The molecule has 0 amide bonds. The molecule has 120 valence electrons. The molecule has 5 rings (SSSR count). The third kappa shape index (κ3) is 2.20. The topological polar surface area (TPSA) is 46.2 Å². The van der Waals surface area contributed by atoms with Gasteiger partial charge in [0, 0.05) is 5.41 Å². The molecular formula is C17H22O5. The molecule has 5 nitrogen and oxygen atoms in total. The highest BCUT2D eigenvalue weighted by Gasteiger charge is 2.66. The van der Waals surface area contributed by atoms with Crippen LogP contribution in [0.15, 0.2) is 30.3 Å². The van der Waals surface area contributed by atoms with Crippen LogP contribution in [0.25, 0.3) is 0 Å². The van der Waals surface area contributed by atoms with Crippen molar-refractivity contribution in [2.24, 2.45) is 5.41 Å². The summed E-state index contributed by atoms with van der Waals surface area (Å²) in [6.45, 7) is 7.07. The Kier molecular flexibility index (Phi) is 3.33. The SMILES string of the molecule is CC(C)(C)C12OC[C@@H]3O[C@H](O1)[C@H](O2)[C@H]3OCc1ccccc1. The standard InChI is InChI=1S/C17H22O5/c1-16(2,3)17-19-10-12-13(14(21-17)15(20-12)22-17)18-9-11-7-5-4-6-8-11/h4-8,12-15H,9-10H2,1-3H3/t12-,13-,14+,15+,17?/m0/s1. The van der Waals surface area contributed by atoms with Gasteiger partial charge in [-0.1, -0.05) is 51.1 Å². The predicted molar refractivity (Wildman–Crippen MR) is 77.8 cm³/mol. The molecule has 4 fully saturated rings. The van der Waals surface area contributed by atoms with Gasteiger partial charge in [0.1, 0.15) is 18.3 Å². The lowest BCUT2D eigenvalue weighted by atomic mass is 9.93. The Hall–Kier alpha value is -0.980. The first-order valence-electron chi connectivity index (χ1n) is 7.79. The number of rotatable bonds is 3. The quantitative estimate of drug-likeness (QED) is 0.858. The zero-order chi connectivity index (χ0) is 15.4. The molecule has 0 aromatic heterocycles. The molecule has 0 saturated carbocycles. The highest BCUT2D eigenvalue weighted by atomic mass is 17.0. The van der Waals surface area contributed by atoms with E-state index in [-0.39, 0.29) is 23.7 Å². The van der Waals surface area contributed by atoms with Crippen LogP contribution in [0.3, 0.4) is 0 Å². The normalized spacial score (nSPS) is 40.1. The Labute approximate surface area is 130 Å². The molecule has 1 aromatic rings. The molecule has 22 heavy (non-hydrogen) atoms. The third-order valence-electron chi connectivity index (χ3n) is 4.47. The molecule has 4 aliphatic rings. The van der Waals surface area contributed by atoms with E-state index in [1.807, 2.05) is 51.1 Å². The van der Waals surface area contributed by atoms with E-state index in [1.54, 1.807) is 0 Å². The van der Waals surface area contributed by atoms with Gasteiger partial charge in [0.05, 0.1) is 13.2 Å². The van der Waals surface area contributed by atoms with Gasteiger partial charge in [-0.25, -0.2) is 0 Å². The molecule has 0 spiro atoms. The first-order valence-corrected chi connectivity index (χ1v) is 7.79. The molecule has 5 atom stereocenters. The largest absolute Gasteiger partial charge is 0.368 e. The minimum atomic E-state index is -1.04. The van der Waals surface area contributed by atoms with Gasteiger partial charge in [0.15, 0.2) is 6.29 Å². The van der Waals surface area contributed by atoms with Crippen molar-refractivity contribution in [3.8, 4) is 0 Å². The lowest BCUT2D eigenvalue weighted by Crippen LogP contribution is -2.46. The fraction of sp³-hybridized carbons (Fsp3) is 0.647. The van der Waals surface area contributed by atoms with Gasteiger partial charge >= 0.3 is 0 Å². The molecule has 1 aromatic carbocycles. The van der Waals surface area contributed by atoms with Crippen LogP contribution >= 0.6 is 0 Å². The summed E-state index contributed by atoms with van der Waals surface area (Å²) in [5.74, 6) is -1.04. The summed E-state index contributed by atoms with van der Waals surface area (Å²) in [6.07, 6.45) is -0.967. The van der Waals surface area contributed by atoms with Crippen molar-refractivity contribution in [3.05, 3.63) is 35.9 Å². The zero-order valence-corrected chi connectivity index (χ0v) is 13.2. The molecule has 4 saturated heterocycles. The molecule has 5 heteroatoms. The monoisotopic (exact) mass is 306 g/mol. The summed E-state index contributed by atoms with van der Waals surface area (Å²) < 4.78 is 30.0. The number of benzene rings is 1. The maximum Gasteiger partial charge on any atom is 0.290 e. The van der Waals surface area contributed by atoms with E-state index >= 15 is 0 Å². The Morgan fingerprint density at radius 3 is 2.68 bits per heavy atom. The minimum Gasteiger partial charge on any atom is -0.368 e. The summed E-state index contributed by atoms with van der Waals surface area (Å²) >= 11 is 0. The highest BCUT2D eigenvalue weighted by molar-refractivity contribution is 5.13. The number of ether oxygens (including phenoxy) is 5. The Morgan fingerprint density at radius 2 is 1.95 bits per heavy atom. The van der Waals surface area contributed by atoms with Crippen molar-refractivity contribution in [1.29, 1.82) is 0 Å². The highest BCUT2D eigenvalue weighted by Crippen LogP contribution is 2.50. The van der Waals surface area contributed by atoms with Crippen LogP contribution in [0.2, 0.25) is 0 Å². The van der Waals surface area contributed by atoms with Gasteiger partial charge < -0.3 is 18.9 Å². The van der Waals surface area contributed by atoms with Crippen molar-refractivity contribution in [2.45, 2.75) is 58.0 Å². The Morgan fingerprint density at radius 1 is 1.18 bits per heavy atom. The second-order valence-corrected chi connectivity index (χ2v) is 7.12. The Balaban J connectivity index is 1.51. The van der Waals surface area contributed by atoms with Crippen molar-refractivity contribution < 1.29 is 23.7 Å². The molecule has 1 unspecified atom stereocenters. The van der Waals surface area contributed by atoms with Crippen LogP contribution < -0.4 is 0 Å². The van der Waals surface area contributed by atoms with Crippen molar-refractivity contribution >= 4 is 0 Å². The van der Waals surface area contributed by atoms with E-state index in [1.165, 1.54) is 0 Å². The lowest BCUT2D eigenvalue weighted by molar-refractivity contribution is -0.383. The van der Waals surface area contributed by atoms with Gasteiger partial charge in [-0.2, -0.15) is 0 Å². The Bertz CT molecular complexity index is 540. The van der Waals surface area contributed by atoms with Crippen molar-refractivity contribution in [1.82, 2.24) is 0 Å². The van der Waals surface area contributed by atoms with Crippen LogP contribution in [0.5, 0.6) is 0 Å². The number of hydrogen-bond acceptors (Lipinski definition) is 5. The van der Waals surface area contributed by atoms with Crippen LogP contribution in [-0.2, 0) is 30.3 Å². The molecule has 4 bridgehead atoms. The second-order valence-electron chi connectivity index (χ2n) is 7.12. The summed E-state index contributed by atoms with van der Waals surface area (Å²) in [5.41, 5.74) is 0.831.